The minimum absolute atomic E-state index is 0.0738. The molecule has 0 saturated carbocycles. The Kier molecular flexibility index (Phi) is 5.05. The Labute approximate surface area is 152 Å². The molecule has 6 heteroatoms. The maximum atomic E-state index is 13.3. The number of carbonyl (C=O) groups excluding carboxylic acids is 1. The van der Waals surface area contributed by atoms with Gasteiger partial charge in [-0.05, 0) is 48.1 Å². The van der Waals surface area contributed by atoms with Crippen molar-refractivity contribution in [1.29, 1.82) is 0 Å². The van der Waals surface area contributed by atoms with E-state index in [1.165, 1.54) is 6.20 Å². The Morgan fingerprint density at radius 3 is 2.46 bits per heavy atom. The SMILES string of the molecule is CC(C)(C)[C@@H]1CNC(c2cncc(C(=O)Nc3cc(F)cc(F)c3)c2)C1. The quantitative estimate of drug-likeness (QED) is 0.859. The highest BCUT2D eigenvalue weighted by molar-refractivity contribution is 6.04. The van der Waals surface area contributed by atoms with Crippen LogP contribution >= 0.6 is 0 Å². The van der Waals surface area contributed by atoms with E-state index in [2.05, 4.69) is 36.4 Å². The number of hydrogen-bond acceptors (Lipinski definition) is 3. The third-order valence-corrected chi connectivity index (χ3v) is 4.90. The monoisotopic (exact) mass is 359 g/mol. The van der Waals surface area contributed by atoms with E-state index in [1.807, 2.05) is 0 Å². The van der Waals surface area contributed by atoms with Crippen molar-refractivity contribution >= 4 is 11.6 Å². The van der Waals surface area contributed by atoms with Crippen molar-refractivity contribution < 1.29 is 13.6 Å². The van der Waals surface area contributed by atoms with Crippen molar-refractivity contribution in [2.45, 2.75) is 33.2 Å². The molecule has 0 aliphatic carbocycles. The van der Waals surface area contributed by atoms with Gasteiger partial charge in [0, 0.05) is 30.2 Å². The maximum absolute atomic E-state index is 13.3. The van der Waals surface area contributed by atoms with Crippen molar-refractivity contribution in [2.75, 3.05) is 11.9 Å². The Balaban J connectivity index is 1.74. The number of nitrogens with one attached hydrogen (secondary N) is 2. The first-order valence-electron chi connectivity index (χ1n) is 8.68. The number of pyridine rings is 1. The lowest BCUT2D eigenvalue weighted by molar-refractivity contribution is 0.102. The van der Waals surface area contributed by atoms with Gasteiger partial charge in [-0.1, -0.05) is 20.8 Å². The van der Waals surface area contributed by atoms with Gasteiger partial charge in [0.05, 0.1) is 5.56 Å². The Morgan fingerprint density at radius 2 is 1.85 bits per heavy atom. The van der Waals surface area contributed by atoms with E-state index in [0.717, 1.165) is 36.7 Å². The molecule has 0 radical (unpaired) electrons. The van der Waals surface area contributed by atoms with Crippen LogP contribution in [0.25, 0.3) is 0 Å². The molecule has 4 nitrogen and oxygen atoms in total. The normalized spacial score (nSPS) is 20.2. The van der Waals surface area contributed by atoms with Gasteiger partial charge in [-0.25, -0.2) is 8.78 Å². The number of aromatic nitrogens is 1. The van der Waals surface area contributed by atoms with Crippen LogP contribution < -0.4 is 10.6 Å². The fourth-order valence-corrected chi connectivity index (χ4v) is 3.25. The van der Waals surface area contributed by atoms with Crippen LogP contribution in [0.4, 0.5) is 14.5 Å². The lowest BCUT2D eigenvalue weighted by atomic mass is 9.79. The van der Waals surface area contributed by atoms with Crippen molar-refractivity contribution in [3.63, 3.8) is 0 Å². The van der Waals surface area contributed by atoms with E-state index >= 15 is 0 Å². The first-order valence-corrected chi connectivity index (χ1v) is 8.68. The average Bonchev–Trinajstić information content (AvgIpc) is 3.04. The van der Waals surface area contributed by atoms with Gasteiger partial charge in [0.2, 0.25) is 0 Å². The van der Waals surface area contributed by atoms with E-state index in [1.54, 1.807) is 12.3 Å². The topological polar surface area (TPSA) is 54.0 Å². The van der Waals surface area contributed by atoms with Gasteiger partial charge in [-0.3, -0.25) is 9.78 Å². The van der Waals surface area contributed by atoms with Crippen molar-refractivity contribution in [2.24, 2.45) is 11.3 Å². The largest absolute Gasteiger partial charge is 0.322 e. The van der Waals surface area contributed by atoms with Crippen LogP contribution in [0, 0.1) is 23.0 Å². The standard InChI is InChI=1S/C20H23F2N3O/c1-20(2,3)14-5-18(24-11-14)12-4-13(10-23-9-12)19(26)25-17-7-15(21)6-16(22)8-17/h4,6-10,14,18,24H,5,11H2,1-3H3,(H,25,26)/t14-,18?/m0/s1. The highest BCUT2D eigenvalue weighted by atomic mass is 19.1. The average molecular weight is 359 g/mol. The van der Waals surface area contributed by atoms with Crippen molar-refractivity contribution in [3.8, 4) is 0 Å². The number of benzene rings is 1. The molecule has 1 aromatic carbocycles. The summed E-state index contributed by atoms with van der Waals surface area (Å²) in [4.78, 5) is 16.6. The number of halogens is 2. The minimum Gasteiger partial charge on any atom is -0.322 e. The predicted octanol–water partition coefficient (Wildman–Crippen LogP) is 4.31. The molecule has 2 aromatic rings. The van der Waals surface area contributed by atoms with Gasteiger partial charge in [0.15, 0.2) is 0 Å². The molecule has 1 saturated heterocycles. The van der Waals surface area contributed by atoms with Crippen LogP contribution in [0.3, 0.4) is 0 Å². The van der Waals surface area contributed by atoms with Crippen LogP contribution in [-0.2, 0) is 0 Å². The second-order valence-corrected chi connectivity index (χ2v) is 7.88. The van der Waals surface area contributed by atoms with E-state index in [0.29, 0.717) is 11.5 Å². The number of anilines is 1. The van der Waals surface area contributed by atoms with Gasteiger partial charge in [0.25, 0.3) is 5.91 Å². The first-order chi connectivity index (χ1) is 12.2. The molecular weight excluding hydrogens is 336 g/mol. The van der Waals surface area contributed by atoms with Crippen LogP contribution in [0.2, 0.25) is 0 Å². The predicted molar refractivity (Wildman–Crippen MR) is 96.9 cm³/mol. The second kappa shape index (κ2) is 7.11. The third kappa shape index (κ3) is 4.25. The molecule has 0 spiro atoms. The van der Waals surface area contributed by atoms with E-state index in [9.17, 15) is 13.6 Å². The third-order valence-electron chi connectivity index (χ3n) is 4.90. The highest BCUT2D eigenvalue weighted by Gasteiger charge is 2.33. The van der Waals surface area contributed by atoms with Gasteiger partial charge in [0.1, 0.15) is 11.6 Å². The molecule has 1 aromatic heterocycles. The van der Waals surface area contributed by atoms with E-state index in [4.69, 9.17) is 0 Å². The smallest absolute Gasteiger partial charge is 0.257 e. The van der Waals surface area contributed by atoms with Crippen LogP contribution in [0.5, 0.6) is 0 Å². The fourth-order valence-electron chi connectivity index (χ4n) is 3.25. The molecule has 3 rings (SSSR count). The molecule has 26 heavy (non-hydrogen) atoms. The lowest BCUT2D eigenvalue weighted by Gasteiger charge is -2.26. The summed E-state index contributed by atoms with van der Waals surface area (Å²) in [5.41, 5.74) is 1.58. The number of amides is 1. The Hall–Kier alpha value is -2.34. The molecular formula is C20H23F2N3O. The molecule has 0 bridgehead atoms. The van der Waals surface area contributed by atoms with Gasteiger partial charge in [-0.15, -0.1) is 0 Å². The van der Waals surface area contributed by atoms with Gasteiger partial charge < -0.3 is 10.6 Å². The molecule has 2 atom stereocenters. The summed E-state index contributed by atoms with van der Waals surface area (Å²) in [6.45, 7) is 7.60. The molecule has 1 fully saturated rings. The van der Waals surface area contributed by atoms with Crippen LogP contribution in [0.1, 0.15) is 49.2 Å². The Bertz CT molecular complexity index is 797. The van der Waals surface area contributed by atoms with Gasteiger partial charge >= 0.3 is 0 Å². The maximum Gasteiger partial charge on any atom is 0.257 e. The second-order valence-electron chi connectivity index (χ2n) is 7.88. The zero-order chi connectivity index (χ0) is 18.9. The minimum atomic E-state index is -0.740. The summed E-state index contributed by atoms with van der Waals surface area (Å²) in [5.74, 6) is -1.39. The highest BCUT2D eigenvalue weighted by Crippen LogP contribution is 2.37. The first kappa shape index (κ1) is 18.5. The number of nitrogens with zero attached hydrogens (tertiary/aromatic N) is 1. The van der Waals surface area contributed by atoms with Crippen molar-refractivity contribution in [1.82, 2.24) is 10.3 Å². The molecule has 2 N–H and O–H groups in total. The van der Waals surface area contributed by atoms with E-state index < -0.39 is 17.5 Å². The molecule has 138 valence electrons. The van der Waals surface area contributed by atoms with Crippen LogP contribution in [-0.4, -0.2) is 17.4 Å². The number of rotatable bonds is 3. The zero-order valence-electron chi connectivity index (χ0n) is 15.1. The summed E-state index contributed by atoms with van der Waals surface area (Å²) < 4.78 is 26.5. The number of hydrogen-bond donors (Lipinski definition) is 2. The summed E-state index contributed by atoms with van der Waals surface area (Å²) in [6, 6.07) is 4.83. The molecule has 1 unspecified atom stereocenters. The molecule has 1 amide bonds. The molecule has 2 heterocycles. The lowest BCUT2D eigenvalue weighted by Crippen LogP contribution is -2.22. The van der Waals surface area contributed by atoms with Crippen molar-refractivity contribution in [3.05, 3.63) is 59.4 Å². The fraction of sp³-hybridized carbons (Fsp3) is 0.400. The molecule has 1 aliphatic heterocycles. The summed E-state index contributed by atoms with van der Waals surface area (Å²) in [5, 5.41) is 6.00. The van der Waals surface area contributed by atoms with E-state index in [-0.39, 0.29) is 17.1 Å². The van der Waals surface area contributed by atoms with Gasteiger partial charge in [-0.2, -0.15) is 0 Å². The molecule has 1 aliphatic rings. The zero-order valence-corrected chi connectivity index (χ0v) is 15.1. The Morgan fingerprint density at radius 1 is 1.15 bits per heavy atom. The number of carbonyl (C=O) groups is 1. The van der Waals surface area contributed by atoms with Crippen LogP contribution in [0.15, 0.2) is 36.7 Å². The summed E-state index contributed by atoms with van der Waals surface area (Å²) >= 11 is 0. The summed E-state index contributed by atoms with van der Waals surface area (Å²) in [7, 11) is 0. The summed E-state index contributed by atoms with van der Waals surface area (Å²) in [6.07, 6.45) is 4.18.